The Morgan fingerprint density at radius 1 is 1.53 bits per heavy atom. The lowest BCUT2D eigenvalue weighted by atomic mass is 10.1. The Balaban J connectivity index is 2.46. The predicted molar refractivity (Wildman–Crippen MR) is 75.9 cm³/mol. The van der Waals surface area contributed by atoms with Crippen molar-refractivity contribution >= 4 is 23.3 Å². The van der Waals surface area contributed by atoms with Gasteiger partial charge in [-0.2, -0.15) is 0 Å². The van der Waals surface area contributed by atoms with Crippen molar-refractivity contribution in [3.8, 4) is 5.75 Å². The summed E-state index contributed by atoms with van der Waals surface area (Å²) in [6, 6.07) is 4.72. The third kappa shape index (κ3) is 5.36. The molecule has 6 heteroatoms. The molecule has 3 N–H and O–H groups in total. The molecule has 0 aliphatic rings. The van der Waals surface area contributed by atoms with Crippen molar-refractivity contribution in [2.24, 2.45) is 5.92 Å². The second-order valence-corrected chi connectivity index (χ2v) is 4.71. The summed E-state index contributed by atoms with van der Waals surface area (Å²) in [6.45, 7) is 2.59. The van der Waals surface area contributed by atoms with Gasteiger partial charge in [-0.3, -0.25) is 0 Å². The molecule has 0 fully saturated rings. The lowest BCUT2D eigenvalue weighted by molar-refractivity contribution is 0.243. The molecule has 0 saturated carbocycles. The minimum absolute atomic E-state index is 0.124. The van der Waals surface area contributed by atoms with Crippen LogP contribution in [0.25, 0.3) is 0 Å². The molecule has 1 rings (SSSR count). The number of hydrogen-bond acceptors (Lipinski definition) is 3. The molecule has 2 amide bonds. The molecular weight excluding hydrogens is 268 g/mol. The van der Waals surface area contributed by atoms with E-state index in [2.05, 4.69) is 10.6 Å². The average molecular weight is 287 g/mol. The Hall–Kier alpha value is -1.46. The van der Waals surface area contributed by atoms with Crippen LogP contribution in [0.4, 0.5) is 10.5 Å². The average Bonchev–Trinajstić information content (AvgIpc) is 2.37. The van der Waals surface area contributed by atoms with Crippen LogP contribution in [0.1, 0.15) is 13.3 Å². The van der Waals surface area contributed by atoms with E-state index in [-0.39, 0.29) is 18.6 Å². The molecule has 0 spiro atoms. The number of aliphatic hydroxyl groups is 1. The largest absolute Gasteiger partial charge is 0.495 e. The monoisotopic (exact) mass is 286 g/mol. The molecule has 106 valence electrons. The number of aliphatic hydroxyl groups excluding tert-OH is 1. The number of methoxy groups -OCH3 is 1. The maximum atomic E-state index is 11.6. The van der Waals surface area contributed by atoms with Gasteiger partial charge in [-0.15, -0.1) is 0 Å². The highest BCUT2D eigenvalue weighted by Gasteiger charge is 2.07. The number of carbonyl (C=O) groups is 1. The van der Waals surface area contributed by atoms with E-state index in [4.69, 9.17) is 21.4 Å². The highest BCUT2D eigenvalue weighted by atomic mass is 35.5. The van der Waals surface area contributed by atoms with Crippen molar-refractivity contribution in [1.29, 1.82) is 0 Å². The van der Waals surface area contributed by atoms with Gasteiger partial charge in [-0.05, 0) is 30.5 Å². The van der Waals surface area contributed by atoms with Crippen molar-refractivity contribution in [2.45, 2.75) is 13.3 Å². The number of anilines is 1. The highest BCUT2D eigenvalue weighted by molar-refractivity contribution is 6.32. The molecule has 0 aliphatic carbocycles. The van der Waals surface area contributed by atoms with Crippen LogP contribution in [0.2, 0.25) is 5.02 Å². The van der Waals surface area contributed by atoms with E-state index in [1.54, 1.807) is 18.2 Å². The normalized spacial score (nSPS) is 11.8. The summed E-state index contributed by atoms with van der Waals surface area (Å²) >= 11 is 5.96. The molecule has 0 bridgehead atoms. The number of ether oxygens (including phenoxy) is 1. The van der Waals surface area contributed by atoms with Gasteiger partial charge in [0, 0.05) is 18.8 Å². The maximum absolute atomic E-state index is 11.6. The van der Waals surface area contributed by atoms with E-state index in [1.165, 1.54) is 7.11 Å². The standard InChI is InChI=1S/C13H19ClN2O3/c1-9(5-6-17)8-15-13(18)16-10-3-4-12(19-2)11(14)7-10/h3-4,7,9,17H,5-6,8H2,1-2H3,(H2,15,16,18). The third-order valence-electron chi connectivity index (χ3n) is 2.64. The molecule has 0 saturated heterocycles. The Bertz CT molecular complexity index is 426. The number of benzene rings is 1. The van der Waals surface area contributed by atoms with E-state index in [0.717, 1.165) is 0 Å². The van der Waals surface area contributed by atoms with Gasteiger partial charge < -0.3 is 20.5 Å². The van der Waals surface area contributed by atoms with Crippen LogP contribution in [0, 0.1) is 5.92 Å². The summed E-state index contributed by atoms with van der Waals surface area (Å²) < 4.78 is 5.03. The zero-order chi connectivity index (χ0) is 14.3. The van der Waals surface area contributed by atoms with Crippen LogP contribution in [-0.2, 0) is 0 Å². The smallest absolute Gasteiger partial charge is 0.319 e. The van der Waals surface area contributed by atoms with Crippen molar-refractivity contribution in [3.63, 3.8) is 0 Å². The molecule has 0 heterocycles. The van der Waals surface area contributed by atoms with Crippen molar-refractivity contribution in [2.75, 3.05) is 25.6 Å². The Kier molecular flexibility index (Phi) is 6.45. The van der Waals surface area contributed by atoms with Crippen LogP contribution in [0.3, 0.4) is 0 Å². The number of halogens is 1. The van der Waals surface area contributed by atoms with Crippen LogP contribution in [0.5, 0.6) is 5.75 Å². The molecule has 1 aromatic carbocycles. The number of rotatable bonds is 6. The van der Waals surface area contributed by atoms with E-state index >= 15 is 0 Å². The van der Waals surface area contributed by atoms with E-state index in [9.17, 15) is 4.79 Å². The molecule has 1 aromatic rings. The predicted octanol–water partition coefficient (Wildman–Crippen LogP) is 2.49. The minimum Gasteiger partial charge on any atom is -0.495 e. The topological polar surface area (TPSA) is 70.6 Å². The van der Waals surface area contributed by atoms with Crippen molar-refractivity contribution in [1.82, 2.24) is 5.32 Å². The van der Waals surface area contributed by atoms with Gasteiger partial charge in [-0.1, -0.05) is 18.5 Å². The van der Waals surface area contributed by atoms with Crippen LogP contribution in [0.15, 0.2) is 18.2 Å². The van der Waals surface area contributed by atoms with Gasteiger partial charge in [0.2, 0.25) is 0 Å². The maximum Gasteiger partial charge on any atom is 0.319 e. The zero-order valence-electron chi connectivity index (χ0n) is 11.1. The highest BCUT2D eigenvalue weighted by Crippen LogP contribution is 2.27. The number of nitrogens with one attached hydrogen (secondary N) is 2. The summed E-state index contributed by atoms with van der Waals surface area (Å²) in [4.78, 5) is 11.6. The van der Waals surface area contributed by atoms with E-state index in [0.29, 0.717) is 29.4 Å². The summed E-state index contributed by atoms with van der Waals surface area (Å²) in [5.74, 6) is 0.791. The summed E-state index contributed by atoms with van der Waals surface area (Å²) in [6.07, 6.45) is 0.661. The van der Waals surface area contributed by atoms with Crippen LogP contribution in [-0.4, -0.2) is 31.4 Å². The SMILES string of the molecule is COc1ccc(NC(=O)NCC(C)CCO)cc1Cl. The first-order valence-electron chi connectivity index (χ1n) is 6.06. The summed E-state index contributed by atoms with van der Waals surface area (Å²) in [5.41, 5.74) is 0.595. The van der Waals surface area contributed by atoms with Crippen LogP contribution < -0.4 is 15.4 Å². The lowest BCUT2D eigenvalue weighted by Gasteiger charge is -2.12. The van der Waals surface area contributed by atoms with Crippen molar-refractivity contribution < 1.29 is 14.6 Å². The number of amides is 2. The fourth-order valence-corrected chi connectivity index (χ4v) is 1.77. The van der Waals surface area contributed by atoms with Crippen LogP contribution >= 0.6 is 11.6 Å². The van der Waals surface area contributed by atoms with E-state index < -0.39 is 0 Å². The molecule has 0 radical (unpaired) electrons. The molecular formula is C13H19ClN2O3. The molecule has 5 nitrogen and oxygen atoms in total. The molecule has 19 heavy (non-hydrogen) atoms. The summed E-state index contributed by atoms with van der Waals surface area (Å²) in [7, 11) is 1.53. The third-order valence-corrected chi connectivity index (χ3v) is 2.94. The number of urea groups is 1. The molecule has 0 aromatic heterocycles. The number of hydrogen-bond donors (Lipinski definition) is 3. The van der Waals surface area contributed by atoms with Gasteiger partial charge >= 0.3 is 6.03 Å². The van der Waals surface area contributed by atoms with Gasteiger partial charge in [0.1, 0.15) is 5.75 Å². The van der Waals surface area contributed by atoms with Gasteiger partial charge in [-0.25, -0.2) is 4.79 Å². The second kappa shape index (κ2) is 7.86. The Morgan fingerprint density at radius 3 is 2.84 bits per heavy atom. The fourth-order valence-electron chi connectivity index (χ4n) is 1.51. The zero-order valence-corrected chi connectivity index (χ0v) is 11.8. The molecule has 1 unspecified atom stereocenters. The number of carbonyl (C=O) groups excluding carboxylic acids is 1. The second-order valence-electron chi connectivity index (χ2n) is 4.30. The molecule has 1 atom stereocenters. The lowest BCUT2D eigenvalue weighted by Crippen LogP contribution is -2.32. The Morgan fingerprint density at radius 2 is 2.26 bits per heavy atom. The van der Waals surface area contributed by atoms with E-state index in [1.807, 2.05) is 6.92 Å². The Labute approximate surface area is 117 Å². The molecule has 0 aliphatic heterocycles. The first kappa shape index (κ1) is 15.6. The first-order valence-corrected chi connectivity index (χ1v) is 6.44. The fraction of sp³-hybridized carbons (Fsp3) is 0.462. The van der Waals surface area contributed by atoms with Gasteiger partial charge in [0.25, 0.3) is 0 Å². The van der Waals surface area contributed by atoms with Gasteiger partial charge in [0.15, 0.2) is 0 Å². The van der Waals surface area contributed by atoms with Gasteiger partial charge in [0.05, 0.1) is 12.1 Å². The quantitative estimate of drug-likeness (QED) is 0.752. The summed E-state index contributed by atoms with van der Waals surface area (Å²) in [5, 5.41) is 14.6. The first-order chi connectivity index (χ1) is 9.06. The van der Waals surface area contributed by atoms with Crippen molar-refractivity contribution in [3.05, 3.63) is 23.2 Å². The minimum atomic E-state index is -0.300.